The Morgan fingerprint density at radius 3 is 2.39 bits per heavy atom. The molecule has 2 aliphatic heterocycles. The molecule has 176 valence electrons. The molecule has 1 aromatic rings. The van der Waals surface area contributed by atoms with Crippen LogP contribution in [-0.2, 0) is 19.5 Å². The standard InChI is InChI=1S/C21H33NO8S/c1-21(2,3)30-20(23)22-9-7-17(8-10-22)29-18-6-5-15(12-19(18)26-4)11-16-13-27-31(24,25)28-14-16/h5-6,12,16-17,24-25H,7-11,13-14H2,1-4H3. The van der Waals surface area contributed by atoms with Gasteiger partial charge >= 0.3 is 6.09 Å². The lowest BCUT2D eigenvalue weighted by Crippen LogP contribution is -2.44. The minimum absolute atomic E-state index is 0.0104. The molecule has 10 heteroatoms. The predicted octanol–water partition coefficient (Wildman–Crippen LogP) is 4.26. The van der Waals surface area contributed by atoms with Crippen molar-refractivity contribution in [2.24, 2.45) is 5.92 Å². The second-order valence-corrected chi connectivity index (χ2v) is 10.2. The van der Waals surface area contributed by atoms with Crippen LogP contribution in [0.1, 0.15) is 39.2 Å². The summed E-state index contributed by atoms with van der Waals surface area (Å²) in [7, 11) is 1.60. The Balaban J connectivity index is 1.52. The van der Waals surface area contributed by atoms with Gasteiger partial charge in [-0.3, -0.25) is 17.5 Å². The van der Waals surface area contributed by atoms with Gasteiger partial charge < -0.3 is 19.1 Å². The molecule has 1 aromatic carbocycles. The second kappa shape index (κ2) is 9.83. The molecule has 3 rings (SSSR count). The van der Waals surface area contributed by atoms with Crippen LogP contribution in [0.2, 0.25) is 0 Å². The summed E-state index contributed by atoms with van der Waals surface area (Å²) >= 11 is -3.34. The van der Waals surface area contributed by atoms with Crippen molar-refractivity contribution in [2.45, 2.75) is 51.7 Å². The van der Waals surface area contributed by atoms with Gasteiger partial charge in [0.15, 0.2) is 11.5 Å². The van der Waals surface area contributed by atoms with Crippen molar-refractivity contribution in [3.63, 3.8) is 0 Å². The number of piperidine rings is 1. The van der Waals surface area contributed by atoms with Gasteiger partial charge in [0.1, 0.15) is 11.7 Å². The molecule has 0 spiro atoms. The van der Waals surface area contributed by atoms with Crippen molar-refractivity contribution >= 4 is 17.2 Å². The molecule has 0 radical (unpaired) electrons. The van der Waals surface area contributed by atoms with Crippen LogP contribution in [-0.4, -0.2) is 65.2 Å². The molecule has 0 atom stereocenters. The number of amides is 1. The summed E-state index contributed by atoms with van der Waals surface area (Å²) in [5.41, 5.74) is 0.509. The lowest BCUT2D eigenvalue weighted by molar-refractivity contribution is 0.0124. The molecule has 0 aliphatic carbocycles. The van der Waals surface area contributed by atoms with E-state index in [0.717, 1.165) is 5.56 Å². The van der Waals surface area contributed by atoms with Crippen LogP contribution in [0.3, 0.4) is 0 Å². The second-order valence-electron chi connectivity index (χ2n) is 8.86. The quantitative estimate of drug-likeness (QED) is 0.673. The lowest BCUT2D eigenvalue weighted by atomic mass is 10.0. The fourth-order valence-corrected chi connectivity index (χ4v) is 4.31. The highest BCUT2D eigenvalue weighted by Crippen LogP contribution is 2.45. The molecule has 2 aliphatic rings. The Bertz CT molecular complexity index is 748. The van der Waals surface area contributed by atoms with E-state index in [9.17, 15) is 13.9 Å². The number of carbonyl (C=O) groups is 1. The zero-order valence-electron chi connectivity index (χ0n) is 18.5. The van der Waals surface area contributed by atoms with E-state index < -0.39 is 16.8 Å². The van der Waals surface area contributed by atoms with Crippen LogP contribution >= 0.6 is 11.2 Å². The molecule has 2 fully saturated rings. The van der Waals surface area contributed by atoms with E-state index >= 15 is 0 Å². The normalized spacial score (nSPS) is 21.4. The number of benzene rings is 1. The summed E-state index contributed by atoms with van der Waals surface area (Å²) in [4.78, 5) is 13.9. The molecule has 0 aromatic heterocycles. The zero-order valence-corrected chi connectivity index (χ0v) is 19.4. The third-order valence-corrected chi connectivity index (χ3v) is 5.94. The molecule has 2 N–H and O–H groups in total. The van der Waals surface area contributed by atoms with Gasteiger partial charge in [-0.25, -0.2) is 4.79 Å². The van der Waals surface area contributed by atoms with Crippen molar-refractivity contribution < 1.29 is 36.5 Å². The van der Waals surface area contributed by atoms with Crippen molar-refractivity contribution in [3.8, 4) is 11.5 Å². The van der Waals surface area contributed by atoms with E-state index in [-0.39, 0.29) is 31.3 Å². The average Bonchev–Trinajstić information content (AvgIpc) is 2.70. The number of nitrogens with zero attached hydrogens (tertiary/aromatic N) is 1. The van der Waals surface area contributed by atoms with Gasteiger partial charge in [-0.2, -0.15) is 0 Å². The van der Waals surface area contributed by atoms with Gasteiger partial charge in [-0.15, -0.1) is 0 Å². The third kappa shape index (κ3) is 7.15. The van der Waals surface area contributed by atoms with Crippen LogP contribution in [0, 0.1) is 5.92 Å². The van der Waals surface area contributed by atoms with Gasteiger partial charge in [-0.1, -0.05) is 6.07 Å². The van der Waals surface area contributed by atoms with E-state index in [1.807, 2.05) is 39.0 Å². The first-order valence-electron chi connectivity index (χ1n) is 10.4. The number of hydrogen-bond donors (Lipinski definition) is 2. The maximum absolute atomic E-state index is 12.2. The van der Waals surface area contributed by atoms with Gasteiger partial charge in [0.2, 0.25) is 11.2 Å². The average molecular weight is 460 g/mol. The summed E-state index contributed by atoms with van der Waals surface area (Å²) in [6, 6.07) is 5.75. The largest absolute Gasteiger partial charge is 0.493 e. The molecule has 0 bridgehead atoms. The highest BCUT2D eigenvalue weighted by molar-refractivity contribution is 8.16. The SMILES string of the molecule is COc1cc(CC2COS(O)(O)OC2)ccc1OC1CCN(C(=O)OC(C)(C)C)CC1. The van der Waals surface area contributed by atoms with E-state index in [0.29, 0.717) is 43.9 Å². The number of rotatable bonds is 5. The fraction of sp³-hybridized carbons (Fsp3) is 0.667. The molecule has 2 saturated heterocycles. The van der Waals surface area contributed by atoms with Crippen molar-refractivity contribution in [1.29, 1.82) is 0 Å². The maximum atomic E-state index is 12.2. The summed E-state index contributed by atoms with van der Waals surface area (Å²) in [5.74, 6) is 1.31. The number of methoxy groups -OCH3 is 1. The van der Waals surface area contributed by atoms with Crippen molar-refractivity contribution in [3.05, 3.63) is 23.8 Å². The smallest absolute Gasteiger partial charge is 0.410 e. The highest BCUT2D eigenvalue weighted by Gasteiger charge is 2.30. The van der Waals surface area contributed by atoms with Gasteiger partial charge in [0.05, 0.1) is 20.3 Å². The van der Waals surface area contributed by atoms with Crippen LogP contribution in [0.4, 0.5) is 4.79 Å². The Morgan fingerprint density at radius 2 is 1.81 bits per heavy atom. The number of ether oxygens (including phenoxy) is 3. The van der Waals surface area contributed by atoms with E-state index in [1.54, 1.807) is 12.0 Å². The molecular formula is C21H33NO8S. The van der Waals surface area contributed by atoms with Crippen LogP contribution < -0.4 is 9.47 Å². The molecule has 0 saturated carbocycles. The summed E-state index contributed by atoms with van der Waals surface area (Å²) < 4.78 is 45.8. The predicted molar refractivity (Wildman–Crippen MR) is 116 cm³/mol. The van der Waals surface area contributed by atoms with Crippen molar-refractivity contribution in [2.75, 3.05) is 33.4 Å². The summed E-state index contributed by atoms with van der Waals surface area (Å²) in [6.07, 6.45) is 1.79. The maximum Gasteiger partial charge on any atom is 0.410 e. The van der Waals surface area contributed by atoms with Gasteiger partial charge in [0, 0.05) is 31.8 Å². The summed E-state index contributed by atoms with van der Waals surface area (Å²) in [6.45, 7) is 7.19. The Kier molecular flexibility index (Phi) is 7.59. The minimum Gasteiger partial charge on any atom is -0.493 e. The van der Waals surface area contributed by atoms with E-state index in [4.69, 9.17) is 22.6 Å². The van der Waals surface area contributed by atoms with Crippen LogP contribution in [0.5, 0.6) is 11.5 Å². The van der Waals surface area contributed by atoms with Crippen LogP contribution in [0.15, 0.2) is 18.2 Å². The highest BCUT2D eigenvalue weighted by atomic mass is 32.3. The first-order valence-corrected chi connectivity index (χ1v) is 11.8. The molecule has 1 amide bonds. The van der Waals surface area contributed by atoms with Crippen LogP contribution in [0.25, 0.3) is 0 Å². The molecule has 0 unspecified atom stereocenters. The fourth-order valence-electron chi connectivity index (χ4n) is 3.50. The van der Waals surface area contributed by atoms with Gasteiger partial charge in [0.25, 0.3) is 0 Å². The van der Waals surface area contributed by atoms with Crippen molar-refractivity contribution in [1.82, 2.24) is 4.90 Å². The molecule has 2 heterocycles. The lowest BCUT2D eigenvalue weighted by Gasteiger charge is -2.34. The molecular weight excluding hydrogens is 426 g/mol. The topological polar surface area (TPSA) is 107 Å². The third-order valence-electron chi connectivity index (χ3n) is 5.05. The number of hydrogen-bond acceptors (Lipinski definition) is 8. The Hall–Kier alpha value is -1.72. The van der Waals surface area contributed by atoms with E-state index in [2.05, 4.69) is 0 Å². The minimum atomic E-state index is -3.34. The zero-order chi connectivity index (χ0) is 22.6. The number of carbonyl (C=O) groups excluding carboxylic acids is 1. The Labute approximate surface area is 185 Å². The Morgan fingerprint density at radius 1 is 1.16 bits per heavy atom. The number of likely N-dealkylation sites (tertiary alicyclic amines) is 1. The monoisotopic (exact) mass is 459 g/mol. The molecule has 31 heavy (non-hydrogen) atoms. The van der Waals surface area contributed by atoms with Gasteiger partial charge in [-0.05, 0) is 44.9 Å². The first-order chi connectivity index (χ1) is 14.5. The van der Waals surface area contributed by atoms with E-state index in [1.165, 1.54) is 0 Å². The molecule has 9 nitrogen and oxygen atoms in total. The summed E-state index contributed by atoms with van der Waals surface area (Å²) in [5, 5.41) is 0. The first kappa shape index (κ1) is 23.9.